The molecule has 1 aliphatic heterocycles. The minimum atomic E-state index is -0.531. The number of aromatic nitrogens is 3. The van der Waals surface area contributed by atoms with Crippen molar-refractivity contribution in [1.82, 2.24) is 14.8 Å². The van der Waals surface area contributed by atoms with Gasteiger partial charge in [0, 0.05) is 28.8 Å². The Morgan fingerprint density at radius 2 is 1.89 bits per heavy atom. The molecular formula is C27H28N4O4S. The van der Waals surface area contributed by atoms with E-state index < -0.39 is 6.04 Å². The number of nitrogens with zero attached hydrogens (tertiary/aromatic N) is 3. The standard InChI is InChI=1S/C27H28N4O4S/c1-27(2)13-18-22(19(32)14-27)23(17-11-8-12-21(34-3)24(17)35-4)31-25(28-18)29-26(30-31)36-15-20(33)16-9-6-5-7-10-16/h5-12,23H,13-15H2,1-4H3,(H,28,29,30)/t23-/m0/s1. The number of methoxy groups -OCH3 is 2. The highest BCUT2D eigenvalue weighted by Gasteiger charge is 2.43. The molecule has 2 aliphatic rings. The van der Waals surface area contributed by atoms with E-state index in [0.717, 1.165) is 11.3 Å². The number of ether oxygens (including phenoxy) is 2. The van der Waals surface area contributed by atoms with E-state index in [9.17, 15) is 9.59 Å². The molecule has 0 unspecified atom stereocenters. The zero-order valence-electron chi connectivity index (χ0n) is 20.7. The number of hydrogen-bond acceptors (Lipinski definition) is 8. The third-order valence-corrected chi connectivity index (χ3v) is 7.31. The van der Waals surface area contributed by atoms with Crippen LogP contribution in [0, 0.1) is 5.41 Å². The fourth-order valence-corrected chi connectivity index (χ4v) is 5.63. The van der Waals surface area contributed by atoms with Crippen LogP contribution >= 0.6 is 11.8 Å². The first-order chi connectivity index (χ1) is 17.3. The van der Waals surface area contributed by atoms with Crippen LogP contribution in [0.1, 0.15) is 48.7 Å². The smallest absolute Gasteiger partial charge is 0.227 e. The van der Waals surface area contributed by atoms with Gasteiger partial charge in [-0.05, 0) is 17.9 Å². The molecule has 0 saturated heterocycles. The third kappa shape index (κ3) is 4.39. The number of hydrogen-bond donors (Lipinski definition) is 1. The summed E-state index contributed by atoms with van der Waals surface area (Å²) in [7, 11) is 3.17. The average molecular weight is 505 g/mol. The maximum absolute atomic E-state index is 13.5. The Morgan fingerprint density at radius 3 is 2.61 bits per heavy atom. The monoisotopic (exact) mass is 504 g/mol. The van der Waals surface area contributed by atoms with Gasteiger partial charge < -0.3 is 14.8 Å². The SMILES string of the molecule is COc1cccc([C@H]2C3=C(CC(C)(C)CC3=O)Nc3nc(SCC(=O)c4ccccc4)nn32)c1OC. The summed E-state index contributed by atoms with van der Waals surface area (Å²) in [5.41, 5.74) is 2.75. The highest BCUT2D eigenvalue weighted by molar-refractivity contribution is 7.99. The molecule has 0 spiro atoms. The first-order valence-electron chi connectivity index (χ1n) is 11.7. The molecule has 0 saturated carbocycles. The van der Waals surface area contributed by atoms with Crippen molar-refractivity contribution in [3.63, 3.8) is 0 Å². The fraction of sp³-hybridized carbons (Fsp3) is 0.333. The largest absolute Gasteiger partial charge is 0.493 e. The highest BCUT2D eigenvalue weighted by Crippen LogP contribution is 2.48. The second-order valence-corrected chi connectivity index (χ2v) is 10.6. The first kappa shape index (κ1) is 24.1. The summed E-state index contributed by atoms with van der Waals surface area (Å²) in [6.07, 6.45) is 1.15. The Morgan fingerprint density at radius 1 is 1.11 bits per heavy atom. The maximum Gasteiger partial charge on any atom is 0.227 e. The molecule has 5 rings (SSSR count). The number of thioether (sulfide) groups is 1. The van der Waals surface area contributed by atoms with Gasteiger partial charge >= 0.3 is 0 Å². The quantitative estimate of drug-likeness (QED) is 0.358. The molecule has 36 heavy (non-hydrogen) atoms. The Balaban J connectivity index is 1.55. The Hall–Kier alpha value is -3.59. The molecular weight excluding hydrogens is 476 g/mol. The molecule has 3 aromatic rings. The second kappa shape index (κ2) is 9.46. The molecule has 1 atom stereocenters. The first-order valence-corrected chi connectivity index (χ1v) is 12.7. The molecule has 0 bridgehead atoms. The lowest BCUT2D eigenvalue weighted by molar-refractivity contribution is -0.118. The molecule has 0 radical (unpaired) electrons. The van der Waals surface area contributed by atoms with Crippen LogP contribution in [-0.4, -0.2) is 46.3 Å². The van der Waals surface area contributed by atoms with E-state index in [0.29, 0.717) is 46.6 Å². The van der Waals surface area contributed by atoms with Crippen molar-refractivity contribution in [2.24, 2.45) is 5.41 Å². The number of Topliss-reactive ketones (excluding diaryl/α,β-unsaturated/α-hetero) is 2. The highest BCUT2D eigenvalue weighted by atomic mass is 32.2. The predicted octanol–water partition coefficient (Wildman–Crippen LogP) is 4.93. The van der Waals surface area contributed by atoms with Crippen molar-refractivity contribution in [2.45, 2.75) is 37.9 Å². The van der Waals surface area contributed by atoms with E-state index in [1.54, 1.807) is 31.0 Å². The summed E-state index contributed by atoms with van der Waals surface area (Å²) in [5, 5.41) is 8.56. The van der Waals surface area contributed by atoms with Gasteiger partial charge in [-0.3, -0.25) is 9.59 Å². The Labute approximate surface area is 214 Å². The number of allylic oxidation sites excluding steroid dienone is 2. The second-order valence-electron chi connectivity index (χ2n) is 9.68. The van der Waals surface area contributed by atoms with Gasteiger partial charge in [0.1, 0.15) is 6.04 Å². The Bertz CT molecular complexity index is 1360. The number of ketones is 2. The number of benzene rings is 2. The van der Waals surface area contributed by atoms with Gasteiger partial charge in [0.05, 0.1) is 20.0 Å². The van der Waals surface area contributed by atoms with Gasteiger partial charge in [-0.15, -0.1) is 5.10 Å². The van der Waals surface area contributed by atoms with Crippen LogP contribution in [0.4, 0.5) is 5.95 Å². The van der Waals surface area contributed by atoms with E-state index in [1.807, 2.05) is 36.4 Å². The molecule has 1 N–H and O–H groups in total. The van der Waals surface area contributed by atoms with Crippen molar-refractivity contribution < 1.29 is 19.1 Å². The van der Waals surface area contributed by atoms with Crippen molar-refractivity contribution in [3.05, 3.63) is 70.9 Å². The van der Waals surface area contributed by atoms with Gasteiger partial charge in [-0.1, -0.05) is 68.1 Å². The number of anilines is 1. The van der Waals surface area contributed by atoms with Crippen molar-refractivity contribution in [3.8, 4) is 11.5 Å². The van der Waals surface area contributed by atoms with E-state index in [2.05, 4.69) is 24.1 Å². The maximum atomic E-state index is 13.5. The molecule has 8 nitrogen and oxygen atoms in total. The van der Waals surface area contributed by atoms with E-state index >= 15 is 0 Å². The number of carbonyl (C=O) groups excluding carboxylic acids is 2. The number of para-hydroxylation sites is 1. The van der Waals surface area contributed by atoms with Crippen LogP contribution in [0.25, 0.3) is 0 Å². The number of nitrogens with one attached hydrogen (secondary N) is 1. The fourth-order valence-electron chi connectivity index (χ4n) is 4.90. The van der Waals surface area contributed by atoms with Crippen molar-refractivity contribution in [2.75, 3.05) is 25.3 Å². The lowest BCUT2D eigenvalue weighted by Crippen LogP contribution is -2.36. The minimum Gasteiger partial charge on any atom is -0.493 e. The summed E-state index contributed by atoms with van der Waals surface area (Å²) in [4.78, 5) is 30.8. The summed E-state index contributed by atoms with van der Waals surface area (Å²) < 4.78 is 13.0. The van der Waals surface area contributed by atoms with Crippen LogP contribution in [0.15, 0.2) is 65.0 Å². The summed E-state index contributed by atoms with van der Waals surface area (Å²) in [5.74, 6) is 1.93. The third-order valence-electron chi connectivity index (χ3n) is 6.47. The van der Waals surface area contributed by atoms with Gasteiger partial charge in [-0.25, -0.2) is 4.68 Å². The van der Waals surface area contributed by atoms with Crippen LogP contribution < -0.4 is 14.8 Å². The molecule has 0 fully saturated rings. The minimum absolute atomic E-state index is 0.00157. The molecule has 1 aliphatic carbocycles. The lowest BCUT2D eigenvalue weighted by atomic mass is 9.73. The van der Waals surface area contributed by atoms with Crippen LogP contribution in [0.3, 0.4) is 0 Å². The lowest BCUT2D eigenvalue weighted by Gasteiger charge is -2.38. The molecule has 1 aromatic heterocycles. The zero-order valence-corrected chi connectivity index (χ0v) is 21.5. The number of rotatable bonds is 7. The summed E-state index contributed by atoms with van der Waals surface area (Å²) in [6, 6.07) is 14.3. The van der Waals surface area contributed by atoms with Gasteiger partial charge in [0.15, 0.2) is 23.1 Å². The average Bonchev–Trinajstić information content (AvgIpc) is 3.27. The number of carbonyl (C=O) groups is 2. The summed E-state index contributed by atoms with van der Waals surface area (Å²) >= 11 is 1.27. The van der Waals surface area contributed by atoms with Gasteiger partial charge in [-0.2, -0.15) is 4.98 Å². The Kier molecular flexibility index (Phi) is 6.34. The molecule has 2 aromatic carbocycles. The van der Waals surface area contributed by atoms with Gasteiger partial charge in [0.2, 0.25) is 11.1 Å². The normalized spacial score (nSPS) is 18.2. The van der Waals surface area contributed by atoms with E-state index in [-0.39, 0.29) is 22.7 Å². The van der Waals surface area contributed by atoms with Gasteiger partial charge in [0.25, 0.3) is 0 Å². The zero-order chi connectivity index (χ0) is 25.4. The van der Waals surface area contributed by atoms with Crippen LogP contribution in [0.2, 0.25) is 0 Å². The van der Waals surface area contributed by atoms with E-state index in [4.69, 9.17) is 14.6 Å². The molecule has 2 heterocycles. The van der Waals surface area contributed by atoms with Crippen LogP contribution in [-0.2, 0) is 4.79 Å². The summed E-state index contributed by atoms with van der Waals surface area (Å²) in [6.45, 7) is 4.18. The number of fused-ring (bicyclic) bond motifs is 1. The molecule has 9 heteroatoms. The van der Waals surface area contributed by atoms with E-state index in [1.165, 1.54) is 11.8 Å². The molecule has 186 valence electrons. The van der Waals surface area contributed by atoms with Crippen LogP contribution in [0.5, 0.6) is 11.5 Å². The predicted molar refractivity (Wildman–Crippen MR) is 138 cm³/mol. The topological polar surface area (TPSA) is 95.3 Å². The van der Waals surface area contributed by atoms with Crippen molar-refractivity contribution in [1.29, 1.82) is 0 Å². The van der Waals surface area contributed by atoms with Crippen molar-refractivity contribution >= 4 is 29.3 Å². The molecule has 0 amide bonds.